The van der Waals surface area contributed by atoms with E-state index in [0.717, 1.165) is 25.2 Å². The minimum Gasteiger partial charge on any atom is -0.507 e. The first kappa shape index (κ1) is 16.6. The predicted octanol–water partition coefficient (Wildman–Crippen LogP) is 3.11. The molecule has 2 aliphatic rings. The Bertz CT molecular complexity index is 602. The van der Waals surface area contributed by atoms with Crippen LogP contribution in [0, 0.1) is 11.8 Å². The molecule has 1 saturated heterocycles. The molecule has 0 radical (unpaired) electrons. The van der Waals surface area contributed by atoms with Gasteiger partial charge in [-0.05, 0) is 66.2 Å². The predicted molar refractivity (Wildman–Crippen MR) is 91.2 cm³/mol. The van der Waals surface area contributed by atoms with E-state index >= 15 is 0 Å². The molecule has 1 saturated carbocycles. The number of halogens is 1. The quantitative estimate of drug-likeness (QED) is 0.842. The summed E-state index contributed by atoms with van der Waals surface area (Å²) in [6, 6.07) is 6.01. The molecule has 0 bridgehead atoms. The number of carbonyl (C=O) groups is 1. The third kappa shape index (κ3) is 3.80. The van der Waals surface area contributed by atoms with Gasteiger partial charge in [0.15, 0.2) is 0 Å². The number of phenols is 1. The minimum atomic E-state index is -0.437. The number of aromatic hydroxyl groups is 1. The van der Waals surface area contributed by atoms with Crippen molar-refractivity contribution >= 4 is 22.0 Å². The van der Waals surface area contributed by atoms with Crippen LogP contribution in [0.5, 0.6) is 5.75 Å². The Kier molecular flexibility index (Phi) is 4.31. The fourth-order valence-corrected chi connectivity index (χ4v) is 3.63. The van der Waals surface area contributed by atoms with Crippen molar-refractivity contribution in [1.82, 2.24) is 10.2 Å². The van der Waals surface area contributed by atoms with Gasteiger partial charge in [0.05, 0.1) is 4.47 Å². The van der Waals surface area contributed by atoms with Crippen LogP contribution in [0.15, 0.2) is 22.7 Å². The number of nitrogens with zero attached hydrogens (tertiary/aromatic N) is 1. The zero-order valence-corrected chi connectivity index (χ0v) is 15.3. The summed E-state index contributed by atoms with van der Waals surface area (Å²) in [6.07, 6.45) is -0.203. The van der Waals surface area contributed by atoms with Crippen molar-refractivity contribution < 1.29 is 14.6 Å². The third-order valence-corrected chi connectivity index (χ3v) is 5.03. The fourth-order valence-electron chi connectivity index (χ4n) is 3.20. The molecule has 2 unspecified atom stereocenters. The molecule has 2 N–H and O–H groups in total. The van der Waals surface area contributed by atoms with E-state index in [2.05, 4.69) is 21.2 Å². The van der Waals surface area contributed by atoms with E-state index in [9.17, 15) is 9.90 Å². The van der Waals surface area contributed by atoms with Gasteiger partial charge in [0.1, 0.15) is 11.4 Å². The van der Waals surface area contributed by atoms with Crippen LogP contribution in [0.25, 0.3) is 0 Å². The topological polar surface area (TPSA) is 61.8 Å². The van der Waals surface area contributed by atoms with Crippen molar-refractivity contribution in [2.24, 2.45) is 11.8 Å². The maximum atomic E-state index is 12.0. The number of piperidine rings is 1. The molecule has 126 valence electrons. The summed E-state index contributed by atoms with van der Waals surface area (Å²) in [5, 5.41) is 13.1. The summed E-state index contributed by atoms with van der Waals surface area (Å²) in [7, 11) is 0. The number of amides is 1. The van der Waals surface area contributed by atoms with Crippen LogP contribution < -0.4 is 5.32 Å². The standard InChI is InChI=1S/C17H23BrN2O3/c1-17(2,3)23-16(22)20-8-11-12(9-20)15(11)19-7-10-4-5-14(21)13(18)6-10/h4-6,11-12,15,19,21H,7-9H2,1-3H3. The summed E-state index contributed by atoms with van der Waals surface area (Å²) in [5.41, 5.74) is 0.692. The summed E-state index contributed by atoms with van der Waals surface area (Å²) in [6.45, 7) is 7.99. The van der Waals surface area contributed by atoms with Crippen LogP contribution >= 0.6 is 15.9 Å². The van der Waals surface area contributed by atoms with E-state index < -0.39 is 5.60 Å². The largest absolute Gasteiger partial charge is 0.507 e. The second kappa shape index (κ2) is 5.98. The van der Waals surface area contributed by atoms with E-state index in [1.165, 1.54) is 0 Å². The second-order valence-corrected chi connectivity index (χ2v) is 8.26. The molecule has 5 nitrogen and oxygen atoms in total. The lowest BCUT2D eigenvalue weighted by atomic mass is 10.2. The Morgan fingerprint density at radius 2 is 2.04 bits per heavy atom. The lowest BCUT2D eigenvalue weighted by molar-refractivity contribution is 0.0269. The molecule has 23 heavy (non-hydrogen) atoms. The van der Waals surface area contributed by atoms with Gasteiger partial charge in [0.2, 0.25) is 0 Å². The Labute approximate surface area is 145 Å². The second-order valence-electron chi connectivity index (χ2n) is 7.41. The highest BCUT2D eigenvalue weighted by atomic mass is 79.9. The van der Waals surface area contributed by atoms with Gasteiger partial charge in [-0.2, -0.15) is 0 Å². The van der Waals surface area contributed by atoms with Crippen LogP contribution in [0.3, 0.4) is 0 Å². The minimum absolute atomic E-state index is 0.203. The number of phenolic OH excluding ortho intramolecular Hbond substituents is 1. The first-order valence-corrected chi connectivity index (χ1v) is 8.72. The first-order valence-electron chi connectivity index (χ1n) is 7.93. The van der Waals surface area contributed by atoms with E-state index in [1.807, 2.05) is 37.8 Å². The van der Waals surface area contributed by atoms with Crippen molar-refractivity contribution in [1.29, 1.82) is 0 Å². The Morgan fingerprint density at radius 1 is 1.39 bits per heavy atom. The van der Waals surface area contributed by atoms with Gasteiger partial charge >= 0.3 is 6.09 Å². The number of ether oxygens (including phenoxy) is 1. The summed E-state index contributed by atoms with van der Waals surface area (Å²) in [4.78, 5) is 13.9. The van der Waals surface area contributed by atoms with Crippen LogP contribution in [0.1, 0.15) is 26.3 Å². The molecule has 0 spiro atoms. The zero-order chi connectivity index (χ0) is 16.8. The number of nitrogens with one attached hydrogen (secondary N) is 1. The van der Waals surface area contributed by atoms with Crippen LogP contribution in [0.2, 0.25) is 0 Å². The van der Waals surface area contributed by atoms with Crippen LogP contribution in [-0.2, 0) is 11.3 Å². The molecule has 1 aliphatic carbocycles. The Balaban J connectivity index is 1.45. The Morgan fingerprint density at radius 3 is 2.61 bits per heavy atom. The molecule has 2 fully saturated rings. The number of fused-ring (bicyclic) bond motifs is 1. The summed E-state index contributed by atoms with van der Waals surface area (Å²) < 4.78 is 6.13. The number of likely N-dealkylation sites (tertiary alicyclic amines) is 1. The molecular formula is C17H23BrN2O3. The van der Waals surface area contributed by atoms with Gasteiger partial charge in [-0.25, -0.2) is 4.79 Å². The van der Waals surface area contributed by atoms with E-state index in [1.54, 1.807) is 6.07 Å². The molecule has 2 atom stereocenters. The molecule has 6 heteroatoms. The zero-order valence-electron chi connectivity index (χ0n) is 13.7. The summed E-state index contributed by atoms with van der Waals surface area (Å²) in [5.74, 6) is 1.32. The van der Waals surface area contributed by atoms with E-state index in [-0.39, 0.29) is 11.8 Å². The van der Waals surface area contributed by atoms with Gasteiger partial charge < -0.3 is 20.1 Å². The number of hydrogen-bond acceptors (Lipinski definition) is 4. The molecule has 1 aliphatic heterocycles. The molecule has 1 aromatic carbocycles. The van der Waals surface area contributed by atoms with Crippen molar-refractivity contribution in [2.75, 3.05) is 13.1 Å². The maximum Gasteiger partial charge on any atom is 0.410 e. The number of rotatable bonds is 3. The number of hydrogen-bond donors (Lipinski definition) is 2. The van der Waals surface area contributed by atoms with Gasteiger partial charge in [-0.15, -0.1) is 0 Å². The molecule has 1 amide bonds. The highest BCUT2D eigenvalue weighted by molar-refractivity contribution is 9.10. The SMILES string of the molecule is CC(C)(C)OC(=O)N1CC2C(C1)C2NCc1ccc(O)c(Br)c1. The molecule has 0 aromatic heterocycles. The number of carbonyl (C=O) groups excluding carboxylic acids is 1. The lowest BCUT2D eigenvalue weighted by Gasteiger charge is -2.26. The normalized spacial score (nSPS) is 26.1. The van der Waals surface area contributed by atoms with Crippen molar-refractivity contribution in [3.05, 3.63) is 28.2 Å². The fraction of sp³-hybridized carbons (Fsp3) is 0.588. The van der Waals surface area contributed by atoms with Gasteiger partial charge in [-0.3, -0.25) is 0 Å². The highest BCUT2D eigenvalue weighted by Gasteiger charge is 2.56. The van der Waals surface area contributed by atoms with Gasteiger partial charge in [-0.1, -0.05) is 6.07 Å². The van der Waals surface area contributed by atoms with E-state index in [0.29, 0.717) is 22.4 Å². The van der Waals surface area contributed by atoms with Crippen LogP contribution in [0.4, 0.5) is 4.79 Å². The van der Waals surface area contributed by atoms with Crippen molar-refractivity contribution in [2.45, 2.75) is 39.0 Å². The lowest BCUT2D eigenvalue weighted by Crippen LogP contribution is -2.39. The first-order chi connectivity index (χ1) is 10.7. The highest BCUT2D eigenvalue weighted by Crippen LogP contribution is 2.46. The third-order valence-electron chi connectivity index (χ3n) is 4.40. The van der Waals surface area contributed by atoms with Crippen LogP contribution in [-0.4, -0.2) is 40.8 Å². The number of benzene rings is 1. The van der Waals surface area contributed by atoms with Gasteiger partial charge in [0, 0.05) is 25.7 Å². The maximum absolute atomic E-state index is 12.0. The smallest absolute Gasteiger partial charge is 0.410 e. The van der Waals surface area contributed by atoms with Crippen molar-refractivity contribution in [3.63, 3.8) is 0 Å². The van der Waals surface area contributed by atoms with Gasteiger partial charge in [0.25, 0.3) is 0 Å². The molecule has 3 rings (SSSR count). The molecule has 1 heterocycles. The molecular weight excluding hydrogens is 360 g/mol. The van der Waals surface area contributed by atoms with Crippen molar-refractivity contribution in [3.8, 4) is 5.75 Å². The monoisotopic (exact) mass is 382 g/mol. The average molecular weight is 383 g/mol. The van der Waals surface area contributed by atoms with E-state index in [4.69, 9.17) is 4.74 Å². The molecule has 1 aromatic rings. The Hall–Kier alpha value is -1.27. The summed E-state index contributed by atoms with van der Waals surface area (Å²) >= 11 is 3.33. The average Bonchev–Trinajstić information content (AvgIpc) is 2.89.